The molecule has 0 saturated carbocycles. The summed E-state index contributed by atoms with van der Waals surface area (Å²) in [7, 11) is 0. The fourth-order valence-corrected chi connectivity index (χ4v) is 3.40. The average molecular weight is 398 g/mol. The van der Waals surface area contributed by atoms with Crippen LogP contribution in [0.15, 0.2) is 58.2 Å². The second-order valence-electron chi connectivity index (χ2n) is 6.23. The van der Waals surface area contributed by atoms with Crippen LogP contribution in [0.1, 0.15) is 24.8 Å². The van der Waals surface area contributed by atoms with Crippen molar-refractivity contribution in [1.82, 2.24) is 10.3 Å². The van der Waals surface area contributed by atoms with Crippen molar-refractivity contribution < 1.29 is 14.0 Å². The molecule has 0 aliphatic rings. The molecule has 0 spiro atoms. The molecule has 0 saturated heterocycles. The molecule has 146 valence electrons. The van der Waals surface area contributed by atoms with Gasteiger partial charge in [0.25, 0.3) is 5.22 Å². The number of rotatable bonds is 9. The molecule has 2 aromatic carbocycles. The van der Waals surface area contributed by atoms with Crippen molar-refractivity contribution in [2.75, 3.05) is 11.9 Å². The fraction of sp³-hybridized carbons (Fsp3) is 0.250. The number of amides is 3. The van der Waals surface area contributed by atoms with Gasteiger partial charge in [0.15, 0.2) is 5.58 Å². The van der Waals surface area contributed by atoms with Crippen molar-refractivity contribution in [3.8, 4) is 0 Å². The van der Waals surface area contributed by atoms with Crippen molar-refractivity contribution in [2.45, 2.75) is 30.2 Å². The highest BCUT2D eigenvalue weighted by atomic mass is 32.2. The van der Waals surface area contributed by atoms with Gasteiger partial charge in [-0.25, -0.2) is 9.78 Å². The molecule has 7 nitrogen and oxygen atoms in total. The first kappa shape index (κ1) is 19.8. The molecule has 0 fully saturated rings. The van der Waals surface area contributed by atoms with Crippen LogP contribution in [0.5, 0.6) is 0 Å². The van der Waals surface area contributed by atoms with E-state index in [1.807, 2.05) is 18.2 Å². The third kappa shape index (κ3) is 6.02. The molecule has 4 N–H and O–H groups in total. The number of nitrogens with zero attached hydrogens (tertiary/aromatic N) is 1. The Morgan fingerprint density at radius 2 is 1.93 bits per heavy atom. The number of nitrogens with one attached hydrogen (secondary N) is 2. The van der Waals surface area contributed by atoms with Gasteiger partial charge >= 0.3 is 6.03 Å². The Hall–Kier alpha value is -3.00. The van der Waals surface area contributed by atoms with Gasteiger partial charge in [0.1, 0.15) is 5.52 Å². The maximum Gasteiger partial charge on any atom is 0.312 e. The van der Waals surface area contributed by atoms with Gasteiger partial charge in [0.05, 0.1) is 0 Å². The molecular formula is C20H22N4O3S. The minimum atomic E-state index is -0.549. The van der Waals surface area contributed by atoms with Gasteiger partial charge in [-0.1, -0.05) is 42.1 Å². The van der Waals surface area contributed by atoms with Crippen LogP contribution in [0.25, 0.3) is 11.1 Å². The van der Waals surface area contributed by atoms with Gasteiger partial charge < -0.3 is 20.8 Å². The molecule has 0 unspecified atom stereocenters. The highest BCUT2D eigenvalue weighted by Crippen LogP contribution is 2.27. The van der Waals surface area contributed by atoms with E-state index in [-0.39, 0.29) is 5.91 Å². The molecule has 3 rings (SSSR count). The Balaban J connectivity index is 1.50. The van der Waals surface area contributed by atoms with Crippen molar-refractivity contribution in [2.24, 2.45) is 5.73 Å². The lowest BCUT2D eigenvalue weighted by molar-refractivity contribution is -0.116. The summed E-state index contributed by atoms with van der Waals surface area (Å²) in [5.74, 6) is 0.697. The minimum absolute atomic E-state index is 0.0828. The van der Waals surface area contributed by atoms with Gasteiger partial charge in [-0.2, -0.15) is 0 Å². The molecule has 3 aromatic rings. The van der Waals surface area contributed by atoms with Crippen LogP contribution in [0, 0.1) is 0 Å². The Kier molecular flexibility index (Phi) is 6.91. The Morgan fingerprint density at radius 3 is 2.71 bits per heavy atom. The monoisotopic (exact) mass is 398 g/mol. The van der Waals surface area contributed by atoms with E-state index < -0.39 is 6.03 Å². The summed E-state index contributed by atoms with van der Waals surface area (Å²) in [6.07, 6.45) is 1.73. The van der Waals surface area contributed by atoms with Gasteiger partial charge in [-0.15, -0.1) is 0 Å². The van der Waals surface area contributed by atoms with Crippen LogP contribution < -0.4 is 16.4 Å². The first-order valence-corrected chi connectivity index (χ1v) is 9.99. The number of benzene rings is 2. The first-order valence-electron chi connectivity index (χ1n) is 9.00. The molecule has 8 heteroatoms. The summed E-state index contributed by atoms with van der Waals surface area (Å²) < 4.78 is 5.76. The third-order valence-electron chi connectivity index (χ3n) is 3.99. The number of aromatic nitrogens is 1. The van der Waals surface area contributed by atoms with Crippen LogP contribution in [0.3, 0.4) is 0 Å². The van der Waals surface area contributed by atoms with Crippen molar-refractivity contribution in [3.05, 3.63) is 54.1 Å². The predicted octanol–water partition coefficient (Wildman–Crippen LogP) is 3.90. The molecule has 1 aromatic heterocycles. The van der Waals surface area contributed by atoms with Gasteiger partial charge in [0, 0.05) is 24.4 Å². The number of carbonyl (C=O) groups is 2. The summed E-state index contributed by atoms with van der Waals surface area (Å²) in [5, 5.41) is 5.96. The number of urea groups is 1. The third-order valence-corrected chi connectivity index (χ3v) is 4.89. The lowest BCUT2D eigenvalue weighted by Crippen LogP contribution is -2.30. The minimum Gasteiger partial charge on any atom is -0.431 e. The molecule has 0 aliphatic carbocycles. The zero-order chi connectivity index (χ0) is 19.8. The zero-order valence-corrected chi connectivity index (χ0v) is 16.1. The van der Waals surface area contributed by atoms with Crippen LogP contribution in [0.4, 0.5) is 10.5 Å². The number of primary amides is 1. The second kappa shape index (κ2) is 9.80. The van der Waals surface area contributed by atoms with Gasteiger partial charge in [-0.05, 0) is 36.6 Å². The van der Waals surface area contributed by atoms with E-state index in [1.54, 1.807) is 18.2 Å². The second-order valence-corrected chi connectivity index (χ2v) is 7.16. The predicted molar refractivity (Wildman–Crippen MR) is 110 cm³/mol. The van der Waals surface area contributed by atoms with Gasteiger partial charge in [0.2, 0.25) is 5.91 Å². The number of carbonyl (C=O) groups excluding carboxylic acids is 2. The van der Waals surface area contributed by atoms with Gasteiger partial charge in [-0.3, -0.25) is 4.79 Å². The Labute approximate surface area is 167 Å². The standard InChI is InChI=1S/C20H22N4O3S/c21-19(26)22-11-5-4-8-18(25)23-15-9-10-17-16(12-15)24-20(27-17)28-13-14-6-2-1-3-7-14/h1-3,6-7,9-10,12H,4-5,8,11,13H2,(H,23,25)(H3,21,22,26). The average Bonchev–Trinajstić information content (AvgIpc) is 3.09. The van der Waals surface area contributed by atoms with E-state index in [1.165, 1.54) is 17.3 Å². The van der Waals surface area contributed by atoms with E-state index in [2.05, 4.69) is 27.8 Å². The number of nitrogens with two attached hydrogens (primary N) is 1. The first-order chi connectivity index (χ1) is 13.6. The molecule has 0 aliphatic heterocycles. The smallest absolute Gasteiger partial charge is 0.312 e. The molecule has 28 heavy (non-hydrogen) atoms. The number of hydrogen-bond acceptors (Lipinski definition) is 5. The lowest BCUT2D eigenvalue weighted by Gasteiger charge is -2.05. The lowest BCUT2D eigenvalue weighted by atomic mass is 10.2. The normalized spacial score (nSPS) is 10.7. The summed E-state index contributed by atoms with van der Waals surface area (Å²) >= 11 is 1.53. The summed E-state index contributed by atoms with van der Waals surface area (Å²) in [5.41, 5.74) is 8.27. The topological polar surface area (TPSA) is 110 Å². The molecule has 0 atom stereocenters. The van der Waals surface area contributed by atoms with Crippen LogP contribution in [-0.2, 0) is 10.5 Å². The summed E-state index contributed by atoms with van der Waals surface area (Å²) in [6.45, 7) is 0.469. The Bertz CT molecular complexity index is 943. The summed E-state index contributed by atoms with van der Waals surface area (Å²) in [4.78, 5) is 27.1. The molecule has 3 amide bonds. The number of unbranched alkanes of at least 4 members (excludes halogenated alkanes) is 1. The van der Waals surface area contributed by atoms with Crippen LogP contribution in [-0.4, -0.2) is 23.5 Å². The number of fused-ring (bicyclic) bond motifs is 1. The highest BCUT2D eigenvalue weighted by Gasteiger charge is 2.09. The van der Waals surface area contributed by atoms with E-state index >= 15 is 0 Å². The maximum absolute atomic E-state index is 12.0. The van der Waals surface area contributed by atoms with E-state index in [0.717, 1.165) is 5.75 Å². The number of anilines is 1. The van der Waals surface area contributed by atoms with E-state index in [9.17, 15) is 9.59 Å². The number of thioether (sulfide) groups is 1. The molecular weight excluding hydrogens is 376 g/mol. The maximum atomic E-state index is 12.0. The molecule has 0 radical (unpaired) electrons. The van der Waals surface area contributed by atoms with Crippen molar-refractivity contribution in [1.29, 1.82) is 0 Å². The molecule has 1 heterocycles. The number of hydrogen-bond donors (Lipinski definition) is 3. The van der Waals surface area contributed by atoms with E-state index in [4.69, 9.17) is 10.2 Å². The zero-order valence-electron chi connectivity index (χ0n) is 15.3. The van der Waals surface area contributed by atoms with Crippen molar-refractivity contribution >= 4 is 40.5 Å². The SMILES string of the molecule is NC(=O)NCCCCC(=O)Nc1ccc2oc(SCc3ccccc3)nc2c1. The summed E-state index contributed by atoms with van der Waals surface area (Å²) in [6, 6.07) is 15.0. The van der Waals surface area contributed by atoms with E-state index in [0.29, 0.717) is 47.8 Å². The van der Waals surface area contributed by atoms with Crippen molar-refractivity contribution in [3.63, 3.8) is 0 Å². The Morgan fingerprint density at radius 1 is 1.11 bits per heavy atom. The fourth-order valence-electron chi connectivity index (χ4n) is 2.61. The highest BCUT2D eigenvalue weighted by molar-refractivity contribution is 7.98. The largest absolute Gasteiger partial charge is 0.431 e. The number of oxazole rings is 1. The van der Waals surface area contributed by atoms with Crippen LogP contribution >= 0.6 is 11.8 Å². The quantitative estimate of drug-likeness (QED) is 0.374. The van der Waals surface area contributed by atoms with Crippen LogP contribution in [0.2, 0.25) is 0 Å². The molecule has 0 bridgehead atoms.